The van der Waals surface area contributed by atoms with Crippen molar-refractivity contribution in [3.8, 4) is 11.6 Å². The first kappa shape index (κ1) is 14.9. The van der Waals surface area contributed by atoms with Gasteiger partial charge in [-0.1, -0.05) is 18.2 Å². The van der Waals surface area contributed by atoms with Crippen LogP contribution in [0.25, 0.3) is 0 Å². The molecule has 4 nitrogen and oxygen atoms in total. The van der Waals surface area contributed by atoms with E-state index in [1.165, 1.54) is 11.1 Å². The number of hydrogen-bond acceptors (Lipinski definition) is 4. The number of hydrogen-bond donors (Lipinski definition) is 1. The molecule has 1 N–H and O–H groups in total. The molecule has 0 saturated heterocycles. The number of ether oxygens (including phenoxy) is 2. The number of nitrogens with one attached hydrogen (secondary N) is 1. The molecule has 3 rings (SSSR count). The van der Waals surface area contributed by atoms with E-state index in [0.29, 0.717) is 5.88 Å². The first-order valence-electron chi connectivity index (χ1n) is 7.56. The molecule has 0 bridgehead atoms. The first-order chi connectivity index (χ1) is 10.6. The highest BCUT2D eigenvalue weighted by Gasteiger charge is 2.29. The molecule has 22 heavy (non-hydrogen) atoms. The van der Waals surface area contributed by atoms with Gasteiger partial charge in [0, 0.05) is 31.8 Å². The van der Waals surface area contributed by atoms with Crippen LogP contribution in [0.3, 0.4) is 0 Å². The van der Waals surface area contributed by atoms with Crippen LogP contribution in [0.5, 0.6) is 11.6 Å². The Labute approximate surface area is 131 Å². The summed E-state index contributed by atoms with van der Waals surface area (Å²) in [6, 6.07) is 10.3. The minimum atomic E-state index is -0.0802. The summed E-state index contributed by atoms with van der Waals surface area (Å²) < 4.78 is 11.0. The largest absolute Gasteiger partial charge is 0.487 e. The number of pyridine rings is 1. The van der Waals surface area contributed by atoms with Crippen LogP contribution < -0.4 is 14.8 Å². The molecule has 0 radical (unpaired) electrons. The molecule has 2 heterocycles. The molecule has 2 aromatic rings. The Morgan fingerprint density at radius 2 is 1.95 bits per heavy atom. The zero-order valence-corrected chi connectivity index (χ0v) is 13.3. The molecule has 0 amide bonds. The predicted molar refractivity (Wildman–Crippen MR) is 86.2 cm³/mol. The van der Waals surface area contributed by atoms with Crippen molar-refractivity contribution in [2.45, 2.75) is 39.0 Å². The smallest absolute Gasteiger partial charge is 0.212 e. The Morgan fingerprint density at radius 3 is 2.68 bits per heavy atom. The monoisotopic (exact) mass is 298 g/mol. The average molecular weight is 298 g/mol. The summed E-state index contributed by atoms with van der Waals surface area (Å²) in [6.07, 6.45) is 2.81. The van der Waals surface area contributed by atoms with Crippen LogP contribution in [0.1, 0.15) is 30.5 Å². The third-order valence-corrected chi connectivity index (χ3v) is 3.79. The van der Waals surface area contributed by atoms with E-state index in [1.54, 1.807) is 7.11 Å². The van der Waals surface area contributed by atoms with Gasteiger partial charge in [-0.2, -0.15) is 0 Å². The molecule has 4 heteroatoms. The van der Waals surface area contributed by atoms with Crippen molar-refractivity contribution in [1.29, 1.82) is 0 Å². The maximum Gasteiger partial charge on any atom is 0.212 e. The second-order valence-corrected chi connectivity index (χ2v) is 6.29. The van der Waals surface area contributed by atoms with Crippen molar-refractivity contribution in [3.63, 3.8) is 0 Å². The van der Waals surface area contributed by atoms with Gasteiger partial charge in [-0.15, -0.1) is 0 Å². The minimum absolute atomic E-state index is 0.0802. The molecular weight excluding hydrogens is 276 g/mol. The van der Waals surface area contributed by atoms with E-state index in [2.05, 4.69) is 42.3 Å². The predicted octanol–water partition coefficient (Wildman–Crippen LogP) is 3.09. The topological polar surface area (TPSA) is 43.4 Å². The standard InChI is InChI=1S/C18H22N2O2/c1-18(2)9-15-8-13(4-6-16(15)22-18)10-19-11-14-5-7-17(21-3)20-12-14/h4-8,12,19H,9-11H2,1-3H3. The van der Waals surface area contributed by atoms with Crippen LogP contribution in [0.2, 0.25) is 0 Å². The second-order valence-electron chi connectivity index (χ2n) is 6.29. The molecule has 1 aromatic heterocycles. The summed E-state index contributed by atoms with van der Waals surface area (Å²) >= 11 is 0. The van der Waals surface area contributed by atoms with Crippen molar-refractivity contribution in [2.75, 3.05) is 7.11 Å². The highest BCUT2D eigenvalue weighted by molar-refractivity contribution is 5.41. The highest BCUT2D eigenvalue weighted by Crippen LogP contribution is 2.35. The van der Waals surface area contributed by atoms with E-state index >= 15 is 0 Å². The van der Waals surface area contributed by atoms with Crippen molar-refractivity contribution in [2.24, 2.45) is 0 Å². The van der Waals surface area contributed by atoms with E-state index in [0.717, 1.165) is 30.8 Å². The molecule has 116 valence electrons. The van der Waals surface area contributed by atoms with Crippen molar-refractivity contribution in [3.05, 3.63) is 53.2 Å². The fraction of sp³-hybridized carbons (Fsp3) is 0.389. The molecule has 1 aliphatic rings. The van der Waals surface area contributed by atoms with Crippen molar-refractivity contribution in [1.82, 2.24) is 10.3 Å². The molecule has 1 aliphatic heterocycles. The quantitative estimate of drug-likeness (QED) is 0.921. The van der Waals surface area contributed by atoms with Gasteiger partial charge in [-0.3, -0.25) is 0 Å². The van der Waals surface area contributed by atoms with Gasteiger partial charge in [0.15, 0.2) is 0 Å². The third-order valence-electron chi connectivity index (χ3n) is 3.79. The summed E-state index contributed by atoms with van der Waals surface area (Å²) in [5.41, 5.74) is 3.65. The SMILES string of the molecule is COc1ccc(CNCc2ccc3c(c2)CC(C)(C)O3)cn1. The lowest BCUT2D eigenvalue weighted by molar-refractivity contribution is 0.138. The lowest BCUT2D eigenvalue weighted by Crippen LogP contribution is -2.24. The van der Waals surface area contributed by atoms with Gasteiger partial charge < -0.3 is 14.8 Å². The number of benzene rings is 1. The molecule has 0 fully saturated rings. The summed E-state index contributed by atoms with van der Waals surface area (Å²) in [7, 11) is 1.62. The molecule has 0 aliphatic carbocycles. The first-order valence-corrected chi connectivity index (χ1v) is 7.56. The summed E-state index contributed by atoms with van der Waals surface area (Å²) in [5.74, 6) is 1.66. The van der Waals surface area contributed by atoms with Crippen LogP contribution in [0, 0.1) is 0 Å². The average Bonchev–Trinajstić information content (AvgIpc) is 2.81. The van der Waals surface area contributed by atoms with Crippen LogP contribution >= 0.6 is 0 Å². The second kappa shape index (κ2) is 5.97. The van der Waals surface area contributed by atoms with Gasteiger partial charge in [0.25, 0.3) is 0 Å². The summed E-state index contributed by atoms with van der Waals surface area (Å²) in [5, 5.41) is 3.45. The Bertz CT molecular complexity index is 651. The maximum atomic E-state index is 5.90. The molecular formula is C18H22N2O2. The number of fused-ring (bicyclic) bond motifs is 1. The molecule has 1 aromatic carbocycles. The molecule has 0 saturated carbocycles. The van der Waals surface area contributed by atoms with Gasteiger partial charge in [-0.05, 0) is 36.6 Å². The fourth-order valence-electron chi connectivity index (χ4n) is 2.76. The number of nitrogens with zero attached hydrogens (tertiary/aromatic N) is 1. The minimum Gasteiger partial charge on any atom is -0.487 e. The highest BCUT2D eigenvalue weighted by atomic mass is 16.5. The van der Waals surface area contributed by atoms with Crippen molar-refractivity contribution < 1.29 is 9.47 Å². The Hall–Kier alpha value is -2.07. The fourth-order valence-corrected chi connectivity index (χ4v) is 2.76. The maximum absolute atomic E-state index is 5.90. The van der Waals surface area contributed by atoms with Crippen LogP contribution in [-0.2, 0) is 19.5 Å². The van der Waals surface area contributed by atoms with Crippen LogP contribution in [0.15, 0.2) is 36.5 Å². The number of rotatable bonds is 5. The summed E-state index contributed by atoms with van der Waals surface area (Å²) in [6.45, 7) is 5.87. The lowest BCUT2D eigenvalue weighted by Gasteiger charge is -2.16. The van der Waals surface area contributed by atoms with E-state index in [1.807, 2.05) is 18.3 Å². The van der Waals surface area contributed by atoms with Crippen LogP contribution in [-0.4, -0.2) is 17.7 Å². The zero-order chi connectivity index (χ0) is 15.6. The van der Waals surface area contributed by atoms with Gasteiger partial charge in [0.05, 0.1) is 7.11 Å². The number of methoxy groups -OCH3 is 1. The normalized spacial score (nSPS) is 15.2. The van der Waals surface area contributed by atoms with Crippen molar-refractivity contribution >= 4 is 0 Å². The van der Waals surface area contributed by atoms with Gasteiger partial charge >= 0.3 is 0 Å². The summed E-state index contributed by atoms with van der Waals surface area (Å²) in [4.78, 5) is 4.21. The van der Waals surface area contributed by atoms with Gasteiger partial charge in [0.2, 0.25) is 5.88 Å². The Kier molecular flexibility index (Phi) is 4.03. The van der Waals surface area contributed by atoms with Crippen LogP contribution in [0.4, 0.5) is 0 Å². The van der Waals surface area contributed by atoms with Gasteiger partial charge in [0.1, 0.15) is 11.4 Å². The molecule has 0 spiro atoms. The van der Waals surface area contributed by atoms with E-state index in [4.69, 9.17) is 9.47 Å². The van der Waals surface area contributed by atoms with E-state index in [9.17, 15) is 0 Å². The van der Waals surface area contributed by atoms with E-state index < -0.39 is 0 Å². The van der Waals surface area contributed by atoms with Gasteiger partial charge in [-0.25, -0.2) is 4.98 Å². The Morgan fingerprint density at radius 1 is 1.18 bits per heavy atom. The Balaban J connectivity index is 1.56. The lowest BCUT2D eigenvalue weighted by atomic mass is 10.0. The molecule has 0 unspecified atom stereocenters. The number of aromatic nitrogens is 1. The molecule has 0 atom stereocenters. The zero-order valence-electron chi connectivity index (χ0n) is 13.3. The van der Waals surface area contributed by atoms with E-state index in [-0.39, 0.29) is 5.60 Å². The third kappa shape index (κ3) is 3.39.